The van der Waals surface area contributed by atoms with Crippen molar-refractivity contribution in [2.45, 2.75) is 12.6 Å². The van der Waals surface area contributed by atoms with Gasteiger partial charge in [0, 0.05) is 19.6 Å². The van der Waals surface area contributed by atoms with Crippen LogP contribution in [0.4, 0.5) is 0 Å². The van der Waals surface area contributed by atoms with Crippen molar-refractivity contribution in [3.8, 4) is 0 Å². The first-order chi connectivity index (χ1) is 11.3. The van der Waals surface area contributed by atoms with Crippen LogP contribution in [0.15, 0.2) is 91.0 Å². The van der Waals surface area contributed by atoms with Crippen molar-refractivity contribution >= 4 is 32.7 Å². The van der Waals surface area contributed by atoms with Crippen molar-refractivity contribution in [1.29, 1.82) is 0 Å². The second kappa shape index (κ2) is 8.61. The fourth-order valence-electron chi connectivity index (χ4n) is 2.73. The second-order valence-corrected chi connectivity index (χ2v) is 7.99. The fourth-order valence-corrected chi connectivity index (χ4v) is 5.30. The SMILES string of the molecule is C[C@@H](C(=O)c1ccccc1)P(c1ccccc1)c1ccccc1.[B]. The molecule has 0 saturated heterocycles. The van der Waals surface area contributed by atoms with Crippen LogP contribution in [0, 0.1) is 0 Å². The molecule has 0 aliphatic carbocycles. The Morgan fingerprint density at radius 2 is 1.08 bits per heavy atom. The number of hydrogen-bond acceptors (Lipinski definition) is 1. The highest BCUT2D eigenvalue weighted by molar-refractivity contribution is 7.74. The molecular formula is C21H19BOP. The third-order valence-electron chi connectivity index (χ3n) is 3.89. The number of benzene rings is 3. The molecule has 0 unspecified atom stereocenters. The predicted octanol–water partition coefficient (Wildman–Crippen LogP) is 4.01. The Kier molecular flexibility index (Phi) is 6.52. The Bertz CT molecular complexity index is 720. The minimum atomic E-state index is -0.725. The van der Waals surface area contributed by atoms with Gasteiger partial charge in [0.05, 0.1) is 0 Å². The van der Waals surface area contributed by atoms with Crippen molar-refractivity contribution in [1.82, 2.24) is 0 Å². The molecule has 0 saturated carbocycles. The van der Waals surface area contributed by atoms with Gasteiger partial charge >= 0.3 is 0 Å². The molecule has 0 aromatic heterocycles. The van der Waals surface area contributed by atoms with Gasteiger partial charge in [-0.3, -0.25) is 4.79 Å². The van der Waals surface area contributed by atoms with E-state index in [-0.39, 0.29) is 19.9 Å². The average molecular weight is 329 g/mol. The summed E-state index contributed by atoms with van der Waals surface area (Å²) in [6.07, 6.45) is 0. The third kappa shape index (κ3) is 4.02. The van der Waals surface area contributed by atoms with E-state index in [0.29, 0.717) is 0 Å². The van der Waals surface area contributed by atoms with E-state index in [9.17, 15) is 4.79 Å². The van der Waals surface area contributed by atoms with Gasteiger partial charge in [-0.2, -0.15) is 0 Å². The summed E-state index contributed by atoms with van der Waals surface area (Å²) in [6, 6.07) is 30.4. The Labute approximate surface area is 147 Å². The van der Waals surface area contributed by atoms with Crippen LogP contribution in [0.5, 0.6) is 0 Å². The molecule has 0 heterocycles. The molecule has 0 fully saturated rings. The maximum atomic E-state index is 12.9. The molecule has 0 amide bonds. The lowest BCUT2D eigenvalue weighted by molar-refractivity contribution is 0.0993. The first-order valence-electron chi connectivity index (χ1n) is 7.76. The number of carbonyl (C=O) groups is 1. The molecule has 3 radical (unpaired) electrons. The van der Waals surface area contributed by atoms with E-state index in [1.165, 1.54) is 10.6 Å². The van der Waals surface area contributed by atoms with Gasteiger partial charge in [-0.1, -0.05) is 97.9 Å². The molecule has 3 heteroatoms. The average Bonchev–Trinajstić information content (AvgIpc) is 2.64. The summed E-state index contributed by atoms with van der Waals surface area (Å²) in [5.74, 6) is 0.212. The van der Waals surface area contributed by atoms with Crippen molar-refractivity contribution in [3.05, 3.63) is 96.6 Å². The Morgan fingerprint density at radius 3 is 1.50 bits per heavy atom. The molecule has 0 aliphatic rings. The smallest absolute Gasteiger partial charge is 0.170 e. The van der Waals surface area contributed by atoms with Gasteiger partial charge in [0.15, 0.2) is 5.78 Å². The molecule has 0 aliphatic heterocycles. The Hall–Kier alpha value is -2.18. The predicted molar refractivity (Wildman–Crippen MR) is 105 cm³/mol. The number of Topliss-reactive ketones (excluding diaryl/α,β-unsaturated/α-hetero) is 1. The van der Waals surface area contributed by atoms with E-state index in [0.717, 1.165) is 5.56 Å². The second-order valence-electron chi connectivity index (χ2n) is 5.45. The maximum absolute atomic E-state index is 12.9. The van der Waals surface area contributed by atoms with E-state index in [2.05, 4.69) is 31.2 Å². The largest absolute Gasteiger partial charge is 0.293 e. The molecule has 117 valence electrons. The summed E-state index contributed by atoms with van der Waals surface area (Å²) in [5, 5.41) is 2.48. The van der Waals surface area contributed by atoms with Crippen molar-refractivity contribution in [3.63, 3.8) is 0 Å². The van der Waals surface area contributed by atoms with E-state index in [1.54, 1.807) is 0 Å². The van der Waals surface area contributed by atoms with Crippen LogP contribution in [0.1, 0.15) is 17.3 Å². The highest BCUT2D eigenvalue weighted by atomic mass is 31.1. The summed E-state index contributed by atoms with van der Waals surface area (Å²) < 4.78 is 0. The minimum Gasteiger partial charge on any atom is -0.293 e. The fraction of sp³-hybridized carbons (Fsp3) is 0.0952. The Morgan fingerprint density at radius 1 is 0.708 bits per heavy atom. The quantitative estimate of drug-likeness (QED) is 0.393. The molecule has 1 atom stereocenters. The summed E-state index contributed by atoms with van der Waals surface area (Å²) in [6.45, 7) is 2.06. The number of rotatable bonds is 5. The summed E-state index contributed by atoms with van der Waals surface area (Å²) in [5.41, 5.74) is 0.733. The van der Waals surface area contributed by atoms with Crippen LogP contribution in [0.3, 0.4) is 0 Å². The van der Waals surface area contributed by atoms with Crippen LogP contribution in [0.25, 0.3) is 0 Å². The van der Waals surface area contributed by atoms with Gasteiger partial charge in [-0.15, -0.1) is 0 Å². The number of ketones is 1. The molecule has 3 aromatic carbocycles. The van der Waals surface area contributed by atoms with Gasteiger partial charge in [0.1, 0.15) is 0 Å². The lowest BCUT2D eigenvalue weighted by Crippen LogP contribution is -2.26. The zero-order valence-electron chi connectivity index (χ0n) is 13.7. The van der Waals surface area contributed by atoms with Crippen LogP contribution in [0.2, 0.25) is 0 Å². The summed E-state index contributed by atoms with van der Waals surface area (Å²) in [4.78, 5) is 12.9. The standard InChI is InChI=1S/C21H19OP.B/c1-17(21(22)18-11-5-2-6-12-18)23(19-13-7-3-8-14-19)20-15-9-4-10-16-20;/h2-17H,1H3;/t17-;/m0./s1. The molecule has 3 rings (SSSR count). The summed E-state index contributed by atoms with van der Waals surface area (Å²) in [7, 11) is -0.725. The van der Waals surface area contributed by atoms with E-state index < -0.39 is 7.92 Å². The van der Waals surface area contributed by atoms with Crippen molar-refractivity contribution in [2.75, 3.05) is 0 Å². The molecule has 0 N–H and O–H groups in total. The van der Waals surface area contributed by atoms with Gasteiger partial charge in [0.2, 0.25) is 0 Å². The molecular weight excluding hydrogens is 310 g/mol. The minimum absolute atomic E-state index is 0. The normalized spacial score (nSPS) is 11.6. The van der Waals surface area contributed by atoms with Crippen LogP contribution in [-0.4, -0.2) is 19.9 Å². The molecule has 3 aromatic rings. The van der Waals surface area contributed by atoms with Crippen LogP contribution >= 0.6 is 7.92 Å². The third-order valence-corrected chi connectivity index (χ3v) is 6.61. The highest BCUT2D eigenvalue weighted by Crippen LogP contribution is 2.40. The molecule has 0 spiro atoms. The molecule has 24 heavy (non-hydrogen) atoms. The zero-order valence-corrected chi connectivity index (χ0v) is 14.6. The summed E-state index contributed by atoms with van der Waals surface area (Å²) >= 11 is 0. The first-order valence-corrected chi connectivity index (χ1v) is 9.17. The van der Waals surface area contributed by atoms with E-state index >= 15 is 0 Å². The highest BCUT2D eigenvalue weighted by Gasteiger charge is 2.27. The Balaban J connectivity index is 0.00000208. The number of hydrogen-bond donors (Lipinski definition) is 0. The zero-order chi connectivity index (χ0) is 16.1. The molecule has 0 bridgehead atoms. The first kappa shape index (κ1) is 18.2. The van der Waals surface area contributed by atoms with Gasteiger partial charge in [-0.25, -0.2) is 0 Å². The molecule has 1 nitrogen and oxygen atoms in total. The number of carbonyl (C=O) groups excluding carboxylic acids is 1. The van der Waals surface area contributed by atoms with Crippen molar-refractivity contribution in [2.24, 2.45) is 0 Å². The monoisotopic (exact) mass is 329 g/mol. The van der Waals surface area contributed by atoms with Crippen LogP contribution < -0.4 is 10.6 Å². The van der Waals surface area contributed by atoms with Gasteiger partial charge in [0.25, 0.3) is 0 Å². The van der Waals surface area contributed by atoms with E-state index in [4.69, 9.17) is 0 Å². The van der Waals surface area contributed by atoms with Crippen LogP contribution in [-0.2, 0) is 0 Å². The maximum Gasteiger partial charge on any atom is 0.170 e. The van der Waals surface area contributed by atoms with Crippen molar-refractivity contribution < 1.29 is 4.79 Å². The topological polar surface area (TPSA) is 17.1 Å². The van der Waals surface area contributed by atoms with Gasteiger partial charge < -0.3 is 0 Å². The lowest BCUT2D eigenvalue weighted by Gasteiger charge is -2.24. The lowest BCUT2D eigenvalue weighted by atomic mass is 10.1. The van der Waals surface area contributed by atoms with E-state index in [1.807, 2.05) is 66.7 Å². The van der Waals surface area contributed by atoms with Gasteiger partial charge in [-0.05, 0) is 18.5 Å².